The molecule has 25 heavy (non-hydrogen) atoms. The molecule has 0 amide bonds. The van der Waals surface area contributed by atoms with Crippen molar-refractivity contribution in [2.45, 2.75) is 33.1 Å². The van der Waals surface area contributed by atoms with Gasteiger partial charge in [-0.05, 0) is 43.4 Å². The molecular weight excluding hydrogens is 302 g/mol. The fourth-order valence-corrected chi connectivity index (χ4v) is 2.30. The molecule has 0 spiro atoms. The van der Waals surface area contributed by atoms with Crippen molar-refractivity contribution in [2.75, 3.05) is 7.05 Å². The van der Waals surface area contributed by atoms with Gasteiger partial charge in [0.15, 0.2) is 0 Å². The van der Waals surface area contributed by atoms with Crippen LogP contribution in [0.4, 0.5) is 0 Å². The van der Waals surface area contributed by atoms with Gasteiger partial charge in [-0.25, -0.2) is 0 Å². The predicted octanol–water partition coefficient (Wildman–Crippen LogP) is 6.91. The van der Waals surface area contributed by atoms with Crippen LogP contribution in [0.25, 0.3) is 5.57 Å². The van der Waals surface area contributed by atoms with Crippen LogP contribution in [0, 0.1) is 0 Å². The number of benzene rings is 1. The molecule has 1 heteroatoms. The summed E-state index contributed by atoms with van der Waals surface area (Å²) in [5.41, 5.74) is 4.77. The van der Waals surface area contributed by atoms with Gasteiger partial charge < -0.3 is 4.90 Å². The predicted molar refractivity (Wildman–Crippen MR) is 113 cm³/mol. The molecule has 0 atom stereocenters. The first-order valence-electron chi connectivity index (χ1n) is 8.88. The molecule has 0 radical (unpaired) electrons. The lowest BCUT2D eigenvalue weighted by Crippen LogP contribution is -2.14. The van der Waals surface area contributed by atoms with Crippen LogP contribution in [0.5, 0.6) is 0 Å². The second-order valence-corrected chi connectivity index (χ2v) is 5.91. The van der Waals surface area contributed by atoms with Gasteiger partial charge in [0.2, 0.25) is 0 Å². The van der Waals surface area contributed by atoms with E-state index in [1.165, 1.54) is 16.8 Å². The maximum Gasteiger partial charge on any atom is 0.0148 e. The normalized spacial score (nSPS) is 12.8. The monoisotopic (exact) mass is 333 g/mol. The lowest BCUT2D eigenvalue weighted by atomic mass is 10.0. The highest BCUT2D eigenvalue weighted by Crippen LogP contribution is 2.21. The number of nitrogens with zero attached hydrogens (tertiary/aromatic N) is 1. The minimum absolute atomic E-state index is 0.894. The van der Waals surface area contributed by atoms with Crippen molar-refractivity contribution in [2.24, 2.45) is 0 Å². The average Bonchev–Trinajstić information content (AvgIpc) is 2.65. The van der Waals surface area contributed by atoms with E-state index in [1.807, 2.05) is 12.1 Å². The zero-order valence-corrected chi connectivity index (χ0v) is 15.9. The molecule has 132 valence electrons. The van der Waals surface area contributed by atoms with Gasteiger partial charge in [0.05, 0.1) is 0 Å². The van der Waals surface area contributed by atoms with Crippen LogP contribution in [0.15, 0.2) is 97.4 Å². The molecule has 0 heterocycles. The summed E-state index contributed by atoms with van der Waals surface area (Å²) in [6, 6.07) is 10.5. The summed E-state index contributed by atoms with van der Waals surface area (Å²) < 4.78 is 0. The highest BCUT2D eigenvalue weighted by atomic mass is 15.1. The molecule has 1 rings (SSSR count). The van der Waals surface area contributed by atoms with Crippen LogP contribution in [-0.2, 0) is 0 Å². The van der Waals surface area contributed by atoms with E-state index in [9.17, 15) is 0 Å². The molecule has 1 aromatic rings. The van der Waals surface area contributed by atoms with E-state index in [0.717, 1.165) is 25.0 Å². The van der Waals surface area contributed by atoms with Crippen molar-refractivity contribution in [3.63, 3.8) is 0 Å². The molecule has 0 unspecified atom stereocenters. The van der Waals surface area contributed by atoms with Crippen molar-refractivity contribution >= 4 is 5.57 Å². The Labute approximate surface area is 154 Å². The van der Waals surface area contributed by atoms with Crippen molar-refractivity contribution in [1.29, 1.82) is 0 Å². The van der Waals surface area contributed by atoms with E-state index in [4.69, 9.17) is 0 Å². The van der Waals surface area contributed by atoms with Gasteiger partial charge in [-0.1, -0.05) is 80.3 Å². The van der Waals surface area contributed by atoms with E-state index >= 15 is 0 Å². The van der Waals surface area contributed by atoms with Gasteiger partial charge in [0, 0.05) is 18.4 Å². The molecule has 1 aromatic carbocycles. The fraction of sp³-hybridized carbons (Fsp3) is 0.250. The van der Waals surface area contributed by atoms with E-state index in [0.29, 0.717) is 0 Å². The van der Waals surface area contributed by atoms with Crippen molar-refractivity contribution < 1.29 is 0 Å². The molecule has 0 aliphatic carbocycles. The first kappa shape index (κ1) is 20.5. The number of allylic oxidation sites excluding steroid dienone is 10. The minimum Gasteiger partial charge on any atom is -0.352 e. The fourth-order valence-electron chi connectivity index (χ4n) is 2.30. The lowest BCUT2D eigenvalue weighted by molar-refractivity contribution is 0.505. The molecule has 0 saturated carbocycles. The van der Waals surface area contributed by atoms with Crippen LogP contribution in [0.3, 0.4) is 0 Å². The van der Waals surface area contributed by atoms with Gasteiger partial charge >= 0.3 is 0 Å². The zero-order valence-electron chi connectivity index (χ0n) is 15.9. The van der Waals surface area contributed by atoms with Gasteiger partial charge in [-0.15, -0.1) is 6.58 Å². The number of hydrogen-bond acceptors (Lipinski definition) is 1. The Hall–Kier alpha value is -2.54. The summed E-state index contributed by atoms with van der Waals surface area (Å²) in [7, 11) is 2.07. The Balaban J connectivity index is 2.96. The van der Waals surface area contributed by atoms with Crippen LogP contribution < -0.4 is 0 Å². The molecular formula is C24H31N. The maximum atomic E-state index is 4.13. The summed E-state index contributed by atoms with van der Waals surface area (Å²) in [6.07, 6.45) is 17.6. The lowest BCUT2D eigenvalue weighted by Gasteiger charge is -2.22. The van der Waals surface area contributed by atoms with Crippen LogP contribution in [0.2, 0.25) is 0 Å². The molecule has 0 saturated heterocycles. The van der Waals surface area contributed by atoms with Gasteiger partial charge in [-0.3, -0.25) is 0 Å². The summed E-state index contributed by atoms with van der Waals surface area (Å²) in [6.45, 7) is 12.1. The summed E-state index contributed by atoms with van der Waals surface area (Å²) in [5.74, 6) is 0. The van der Waals surface area contributed by atoms with E-state index in [-0.39, 0.29) is 0 Å². The third-order valence-corrected chi connectivity index (χ3v) is 4.04. The Morgan fingerprint density at radius 3 is 2.32 bits per heavy atom. The Morgan fingerprint density at radius 1 is 1.08 bits per heavy atom. The van der Waals surface area contributed by atoms with Crippen molar-refractivity contribution in [3.05, 3.63) is 103 Å². The Kier molecular flexibility index (Phi) is 9.77. The summed E-state index contributed by atoms with van der Waals surface area (Å²) in [4.78, 5) is 2.16. The standard InChI is InChI=1S/C24H31N/c1-6-8-9-10-11-12-14-19-24(23-17-15-13-16-18-23)20-22(4)25(5)21(3)7-2/h6,9-13,15-20H,1,3,7-8,14H2,2,4-5H3/b10-9-,12-11-,22-20+,24-19-. The molecule has 0 aliphatic heterocycles. The number of hydrogen-bond donors (Lipinski definition) is 0. The average molecular weight is 334 g/mol. The van der Waals surface area contributed by atoms with Crippen molar-refractivity contribution in [3.8, 4) is 0 Å². The molecule has 0 bridgehead atoms. The molecule has 0 aromatic heterocycles. The smallest absolute Gasteiger partial charge is 0.0148 e. The molecule has 1 nitrogen and oxygen atoms in total. The second kappa shape index (κ2) is 11.9. The van der Waals surface area contributed by atoms with Crippen LogP contribution in [0.1, 0.15) is 38.7 Å². The number of rotatable bonds is 10. The highest BCUT2D eigenvalue weighted by molar-refractivity contribution is 5.74. The van der Waals surface area contributed by atoms with E-state index in [1.54, 1.807) is 0 Å². The second-order valence-electron chi connectivity index (χ2n) is 5.91. The van der Waals surface area contributed by atoms with Crippen LogP contribution in [-0.4, -0.2) is 11.9 Å². The van der Waals surface area contributed by atoms with E-state index in [2.05, 4.69) is 99.7 Å². The SMILES string of the molecule is C=CC/C=C\C=C/C/C=C(/C=C(\C)N(C)C(=C)CC)c1ccccc1. The minimum atomic E-state index is 0.894. The Bertz CT molecular complexity index is 657. The van der Waals surface area contributed by atoms with E-state index < -0.39 is 0 Å². The van der Waals surface area contributed by atoms with Crippen molar-refractivity contribution in [1.82, 2.24) is 4.90 Å². The molecule has 0 aliphatic rings. The first-order chi connectivity index (χ1) is 12.1. The zero-order chi connectivity index (χ0) is 18.5. The Morgan fingerprint density at radius 2 is 1.72 bits per heavy atom. The van der Waals surface area contributed by atoms with Gasteiger partial charge in [-0.2, -0.15) is 0 Å². The largest absolute Gasteiger partial charge is 0.352 e. The van der Waals surface area contributed by atoms with Gasteiger partial charge in [0.1, 0.15) is 0 Å². The highest BCUT2D eigenvalue weighted by Gasteiger charge is 2.04. The van der Waals surface area contributed by atoms with Gasteiger partial charge in [0.25, 0.3) is 0 Å². The summed E-state index contributed by atoms with van der Waals surface area (Å²) in [5, 5.41) is 0. The molecule has 0 fully saturated rings. The third kappa shape index (κ3) is 7.71. The van der Waals surface area contributed by atoms with Crippen LogP contribution >= 0.6 is 0 Å². The maximum absolute atomic E-state index is 4.13. The first-order valence-corrected chi connectivity index (χ1v) is 8.88. The molecule has 0 N–H and O–H groups in total. The topological polar surface area (TPSA) is 3.24 Å². The third-order valence-electron chi connectivity index (χ3n) is 4.04. The summed E-state index contributed by atoms with van der Waals surface area (Å²) >= 11 is 0. The quantitative estimate of drug-likeness (QED) is 0.332.